The van der Waals surface area contributed by atoms with Gasteiger partial charge in [-0.1, -0.05) is 48.6 Å². The maximum absolute atomic E-state index is 5.85. The van der Waals surface area contributed by atoms with Crippen molar-refractivity contribution in [2.75, 3.05) is 6.61 Å². The largest absolute Gasteiger partial charge is 0.362 e. The number of hydrogen-bond donors (Lipinski definition) is 0. The molecule has 0 spiro atoms. The summed E-state index contributed by atoms with van der Waals surface area (Å²) in [5.74, 6) is 0. The molecule has 1 heterocycles. The Hall–Kier alpha value is -1.34. The minimum absolute atomic E-state index is 0.312. The number of benzene rings is 1. The molecule has 1 unspecified atom stereocenters. The molecule has 1 aliphatic rings. The third kappa shape index (κ3) is 1.64. The van der Waals surface area contributed by atoms with Crippen molar-refractivity contribution in [3.63, 3.8) is 0 Å². The fourth-order valence-electron chi connectivity index (χ4n) is 2.14. The molecule has 0 saturated heterocycles. The van der Waals surface area contributed by atoms with Crippen molar-refractivity contribution in [1.82, 2.24) is 0 Å². The first-order valence-corrected chi connectivity index (χ1v) is 5.20. The van der Waals surface area contributed by atoms with Gasteiger partial charge >= 0.3 is 0 Å². The van der Waals surface area contributed by atoms with Gasteiger partial charge in [0.1, 0.15) is 5.60 Å². The molecule has 0 amide bonds. The lowest BCUT2D eigenvalue weighted by molar-refractivity contribution is 0.0326. The molecular formula is C14H16O. The van der Waals surface area contributed by atoms with Crippen LogP contribution in [0.25, 0.3) is 0 Å². The predicted molar refractivity (Wildman–Crippen MR) is 62.6 cm³/mol. The lowest BCUT2D eigenvalue weighted by Crippen LogP contribution is -2.24. The van der Waals surface area contributed by atoms with Crippen molar-refractivity contribution in [3.05, 3.63) is 59.7 Å². The summed E-state index contributed by atoms with van der Waals surface area (Å²) in [4.78, 5) is 0. The highest BCUT2D eigenvalue weighted by molar-refractivity contribution is 5.43. The first kappa shape index (κ1) is 10.2. The topological polar surface area (TPSA) is 9.23 Å². The van der Waals surface area contributed by atoms with E-state index in [0.29, 0.717) is 6.61 Å². The Morgan fingerprint density at radius 3 is 2.60 bits per heavy atom. The van der Waals surface area contributed by atoms with Crippen LogP contribution >= 0.6 is 0 Å². The van der Waals surface area contributed by atoms with Crippen LogP contribution in [-0.2, 0) is 10.3 Å². The SMILES string of the molecule is C=C(C)C1=CCOC1(C)c1ccccc1. The number of rotatable bonds is 2. The fraction of sp³-hybridized carbons (Fsp3) is 0.286. The maximum Gasteiger partial charge on any atom is 0.116 e. The van der Waals surface area contributed by atoms with Gasteiger partial charge in [0, 0.05) is 0 Å². The summed E-state index contributed by atoms with van der Waals surface area (Å²) < 4.78 is 5.85. The van der Waals surface area contributed by atoms with Crippen LogP contribution in [0.15, 0.2) is 54.1 Å². The highest BCUT2D eigenvalue weighted by atomic mass is 16.5. The van der Waals surface area contributed by atoms with Crippen LogP contribution in [-0.4, -0.2) is 6.61 Å². The zero-order valence-corrected chi connectivity index (χ0v) is 9.29. The van der Waals surface area contributed by atoms with Gasteiger partial charge < -0.3 is 4.74 Å². The van der Waals surface area contributed by atoms with Crippen molar-refractivity contribution in [1.29, 1.82) is 0 Å². The molecular weight excluding hydrogens is 184 g/mol. The Bertz CT molecular complexity index is 403. The second kappa shape index (κ2) is 3.67. The minimum Gasteiger partial charge on any atom is -0.362 e. The predicted octanol–water partition coefficient (Wildman–Crippen LogP) is 3.43. The summed E-state index contributed by atoms with van der Waals surface area (Å²) in [5, 5.41) is 0. The van der Waals surface area contributed by atoms with Gasteiger partial charge in [-0.15, -0.1) is 0 Å². The zero-order chi connectivity index (χ0) is 10.9. The molecule has 0 aliphatic carbocycles. The molecule has 0 saturated carbocycles. The minimum atomic E-state index is -0.312. The average molecular weight is 200 g/mol. The van der Waals surface area contributed by atoms with Crippen molar-refractivity contribution >= 4 is 0 Å². The smallest absolute Gasteiger partial charge is 0.116 e. The Morgan fingerprint density at radius 2 is 2.00 bits per heavy atom. The van der Waals surface area contributed by atoms with Crippen LogP contribution < -0.4 is 0 Å². The van der Waals surface area contributed by atoms with E-state index < -0.39 is 0 Å². The monoisotopic (exact) mass is 200 g/mol. The molecule has 78 valence electrons. The van der Waals surface area contributed by atoms with E-state index in [0.717, 1.165) is 5.57 Å². The molecule has 2 rings (SSSR count). The first-order valence-electron chi connectivity index (χ1n) is 5.20. The molecule has 0 bridgehead atoms. The van der Waals surface area contributed by atoms with E-state index in [9.17, 15) is 0 Å². The summed E-state index contributed by atoms with van der Waals surface area (Å²) in [7, 11) is 0. The molecule has 0 fully saturated rings. The van der Waals surface area contributed by atoms with Gasteiger partial charge in [-0.3, -0.25) is 0 Å². The van der Waals surface area contributed by atoms with E-state index in [1.807, 2.05) is 25.1 Å². The Morgan fingerprint density at radius 1 is 1.33 bits per heavy atom. The van der Waals surface area contributed by atoms with E-state index in [2.05, 4.69) is 31.7 Å². The molecule has 1 aromatic carbocycles. The quantitative estimate of drug-likeness (QED) is 0.710. The molecule has 0 radical (unpaired) electrons. The Labute approximate surface area is 91.1 Å². The van der Waals surface area contributed by atoms with E-state index in [-0.39, 0.29) is 5.60 Å². The van der Waals surface area contributed by atoms with E-state index in [1.54, 1.807) is 0 Å². The standard InChI is InChI=1S/C14H16O/c1-11(2)13-9-10-15-14(13,3)12-7-5-4-6-8-12/h4-9H,1,10H2,2-3H3. The molecule has 1 heteroatoms. The first-order chi connectivity index (χ1) is 7.14. The summed E-state index contributed by atoms with van der Waals surface area (Å²) >= 11 is 0. The van der Waals surface area contributed by atoms with Crippen molar-refractivity contribution in [2.24, 2.45) is 0 Å². The molecule has 1 atom stereocenters. The number of ether oxygens (including phenoxy) is 1. The molecule has 0 aromatic heterocycles. The van der Waals surface area contributed by atoms with Crippen LogP contribution in [0.4, 0.5) is 0 Å². The van der Waals surface area contributed by atoms with Gasteiger partial charge in [-0.2, -0.15) is 0 Å². The molecule has 1 aliphatic heterocycles. The van der Waals surface area contributed by atoms with Gasteiger partial charge in [-0.05, 0) is 25.0 Å². The van der Waals surface area contributed by atoms with Crippen LogP contribution in [0.2, 0.25) is 0 Å². The third-order valence-electron chi connectivity index (χ3n) is 2.96. The zero-order valence-electron chi connectivity index (χ0n) is 9.29. The fourth-order valence-corrected chi connectivity index (χ4v) is 2.14. The van der Waals surface area contributed by atoms with Gasteiger partial charge in [0.2, 0.25) is 0 Å². The van der Waals surface area contributed by atoms with Gasteiger partial charge in [-0.25, -0.2) is 0 Å². The van der Waals surface area contributed by atoms with E-state index in [1.165, 1.54) is 11.1 Å². The third-order valence-corrected chi connectivity index (χ3v) is 2.96. The Balaban J connectivity index is 2.44. The normalized spacial score (nSPS) is 25.1. The lowest BCUT2D eigenvalue weighted by atomic mass is 9.85. The molecule has 0 N–H and O–H groups in total. The van der Waals surface area contributed by atoms with Crippen LogP contribution in [0.1, 0.15) is 19.4 Å². The second-order valence-electron chi connectivity index (χ2n) is 4.11. The Kier molecular flexibility index (Phi) is 2.49. The molecule has 15 heavy (non-hydrogen) atoms. The van der Waals surface area contributed by atoms with Gasteiger partial charge in [0.15, 0.2) is 0 Å². The van der Waals surface area contributed by atoms with E-state index in [4.69, 9.17) is 4.74 Å². The molecule has 1 aromatic rings. The maximum atomic E-state index is 5.85. The van der Waals surface area contributed by atoms with E-state index >= 15 is 0 Å². The van der Waals surface area contributed by atoms with Gasteiger partial charge in [0.25, 0.3) is 0 Å². The lowest BCUT2D eigenvalue weighted by Gasteiger charge is -2.28. The molecule has 1 nitrogen and oxygen atoms in total. The van der Waals surface area contributed by atoms with Crippen LogP contribution in [0.5, 0.6) is 0 Å². The highest BCUT2D eigenvalue weighted by Gasteiger charge is 2.35. The summed E-state index contributed by atoms with van der Waals surface area (Å²) in [6, 6.07) is 10.3. The second-order valence-corrected chi connectivity index (χ2v) is 4.11. The van der Waals surface area contributed by atoms with Crippen LogP contribution in [0.3, 0.4) is 0 Å². The van der Waals surface area contributed by atoms with Crippen molar-refractivity contribution in [2.45, 2.75) is 19.4 Å². The average Bonchev–Trinajstić information content (AvgIpc) is 2.63. The number of hydrogen-bond acceptors (Lipinski definition) is 1. The van der Waals surface area contributed by atoms with Crippen molar-refractivity contribution in [3.8, 4) is 0 Å². The van der Waals surface area contributed by atoms with Gasteiger partial charge in [0.05, 0.1) is 6.61 Å². The van der Waals surface area contributed by atoms with Crippen molar-refractivity contribution < 1.29 is 4.74 Å². The summed E-state index contributed by atoms with van der Waals surface area (Å²) in [5.41, 5.74) is 3.16. The van der Waals surface area contributed by atoms with Crippen LogP contribution in [0, 0.1) is 0 Å². The summed E-state index contributed by atoms with van der Waals surface area (Å²) in [6.07, 6.45) is 2.12. The summed E-state index contributed by atoms with van der Waals surface area (Å²) in [6.45, 7) is 8.82. The highest BCUT2D eigenvalue weighted by Crippen LogP contribution is 2.40.